The van der Waals surface area contributed by atoms with Gasteiger partial charge in [0.25, 0.3) is 0 Å². The number of rotatable bonds is 7. The maximum absolute atomic E-state index is 12.9. The molecule has 0 saturated carbocycles. The van der Waals surface area contributed by atoms with Gasteiger partial charge < -0.3 is 10.1 Å². The standard InChI is InChI=1S/C18H24N4O2/c1-24-14-13-22-12-9-16(20-22)19-18(23)17(21-10-5-6-11-21)15-7-3-2-4-8-15/h2-4,7-9,12,17H,5-6,10-11,13-14H2,1H3,(H,19,20,23)/t17-/m1/s1. The van der Waals surface area contributed by atoms with Crippen molar-refractivity contribution in [3.8, 4) is 0 Å². The number of hydrogen-bond donors (Lipinski definition) is 1. The summed E-state index contributed by atoms with van der Waals surface area (Å²) in [7, 11) is 1.66. The lowest BCUT2D eigenvalue weighted by Gasteiger charge is -2.26. The number of methoxy groups -OCH3 is 1. The van der Waals surface area contributed by atoms with E-state index in [4.69, 9.17) is 4.74 Å². The molecule has 1 aromatic carbocycles. The summed E-state index contributed by atoms with van der Waals surface area (Å²) in [6, 6.07) is 11.5. The fraction of sp³-hybridized carbons (Fsp3) is 0.444. The summed E-state index contributed by atoms with van der Waals surface area (Å²) in [6.45, 7) is 3.17. The van der Waals surface area contributed by atoms with Crippen molar-refractivity contribution < 1.29 is 9.53 Å². The van der Waals surface area contributed by atoms with Gasteiger partial charge in [-0.15, -0.1) is 0 Å². The first-order valence-electron chi connectivity index (χ1n) is 8.40. The lowest BCUT2D eigenvalue weighted by molar-refractivity contribution is -0.121. The maximum atomic E-state index is 12.9. The fourth-order valence-corrected chi connectivity index (χ4v) is 3.10. The molecule has 3 rings (SSSR count). The van der Waals surface area contributed by atoms with Crippen LogP contribution in [0.4, 0.5) is 5.82 Å². The van der Waals surface area contributed by atoms with E-state index >= 15 is 0 Å². The van der Waals surface area contributed by atoms with Gasteiger partial charge in [0.2, 0.25) is 5.91 Å². The predicted molar refractivity (Wildman–Crippen MR) is 92.7 cm³/mol. The van der Waals surface area contributed by atoms with Crippen molar-refractivity contribution >= 4 is 11.7 Å². The van der Waals surface area contributed by atoms with Crippen LogP contribution in [0.1, 0.15) is 24.4 Å². The molecule has 2 aromatic rings. The Hall–Kier alpha value is -2.18. The van der Waals surface area contributed by atoms with E-state index in [1.807, 2.05) is 42.6 Å². The zero-order valence-corrected chi connectivity index (χ0v) is 14.0. The summed E-state index contributed by atoms with van der Waals surface area (Å²) in [4.78, 5) is 15.1. The van der Waals surface area contributed by atoms with Gasteiger partial charge in [-0.25, -0.2) is 0 Å². The van der Waals surface area contributed by atoms with Crippen LogP contribution < -0.4 is 5.32 Å². The minimum atomic E-state index is -0.266. The molecule has 2 heterocycles. The summed E-state index contributed by atoms with van der Waals surface area (Å²) < 4.78 is 6.82. The number of likely N-dealkylation sites (tertiary alicyclic amines) is 1. The number of ether oxygens (including phenoxy) is 1. The number of hydrogen-bond acceptors (Lipinski definition) is 4. The normalized spacial score (nSPS) is 16.2. The SMILES string of the molecule is COCCn1ccc(NC(=O)[C@@H](c2ccccc2)N2CCCC2)n1. The summed E-state index contributed by atoms with van der Waals surface area (Å²) in [6.07, 6.45) is 4.13. The number of nitrogens with one attached hydrogen (secondary N) is 1. The van der Waals surface area contributed by atoms with Gasteiger partial charge in [0.1, 0.15) is 6.04 Å². The quantitative estimate of drug-likeness (QED) is 0.847. The molecule has 0 unspecified atom stereocenters. The number of carbonyl (C=O) groups is 1. The lowest BCUT2D eigenvalue weighted by Crippen LogP contribution is -2.35. The van der Waals surface area contributed by atoms with Crippen molar-refractivity contribution in [1.29, 1.82) is 0 Å². The van der Waals surface area contributed by atoms with Crippen LogP contribution >= 0.6 is 0 Å². The van der Waals surface area contributed by atoms with Crippen molar-refractivity contribution in [1.82, 2.24) is 14.7 Å². The number of carbonyl (C=O) groups excluding carboxylic acids is 1. The van der Waals surface area contributed by atoms with Crippen molar-refractivity contribution in [2.24, 2.45) is 0 Å². The average molecular weight is 328 g/mol. The first kappa shape index (κ1) is 16.7. The molecule has 0 radical (unpaired) electrons. The first-order valence-corrected chi connectivity index (χ1v) is 8.40. The van der Waals surface area contributed by atoms with E-state index in [0.29, 0.717) is 19.0 Å². The fourth-order valence-electron chi connectivity index (χ4n) is 3.10. The van der Waals surface area contributed by atoms with Crippen LogP contribution in [0.5, 0.6) is 0 Å². The van der Waals surface area contributed by atoms with Gasteiger partial charge in [-0.3, -0.25) is 14.4 Å². The number of aromatic nitrogens is 2. The predicted octanol–water partition coefficient (Wildman–Crippen LogP) is 2.31. The molecule has 0 aliphatic carbocycles. The van der Waals surface area contributed by atoms with E-state index in [0.717, 1.165) is 31.5 Å². The van der Waals surface area contributed by atoms with Crippen LogP contribution in [0, 0.1) is 0 Å². The lowest BCUT2D eigenvalue weighted by atomic mass is 10.0. The van der Waals surface area contributed by atoms with Crippen molar-refractivity contribution in [3.63, 3.8) is 0 Å². The molecule has 1 atom stereocenters. The van der Waals surface area contributed by atoms with Gasteiger partial charge in [-0.1, -0.05) is 30.3 Å². The van der Waals surface area contributed by atoms with Gasteiger partial charge in [-0.2, -0.15) is 5.10 Å². The van der Waals surface area contributed by atoms with Gasteiger partial charge in [0.05, 0.1) is 13.2 Å². The molecule has 0 bridgehead atoms. The Morgan fingerprint density at radius 1 is 1.25 bits per heavy atom. The molecule has 1 fully saturated rings. The van der Waals surface area contributed by atoms with E-state index in [1.54, 1.807) is 11.8 Å². The second-order valence-electron chi connectivity index (χ2n) is 6.00. The number of nitrogens with zero attached hydrogens (tertiary/aromatic N) is 3. The van der Waals surface area contributed by atoms with E-state index in [-0.39, 0.29) is 11.9 Å². The van der Waals surface area contributed by atoms with Crippen LogP contribution in [-0.4, -0.2) is 47.4 Å². The van der Waals surface area contributed by atoms with E-state index in [2.05, 4.69) is 15.3 Å². The minimum absolute atomic E-state index is 0.0277. The molecule has 0 spiro atoms. The van der Waals surface area contributed by atoms with Crippen LogP contribution in [0.15, 0.2) is 42.6 Å². The third-order valence-corrected chi connectivity index (χ3v) is 4.29. The second-order valence-corrected chi connectivity index (χ2v) is 6.00. The Kier molecular flexibility index (Phi) is 5.61. The highest BCUT2D eigenvalue weighted by molar-refractivity contribution is 5.94. The van der Waals surface area contributed by atoms with Crippen LogP contribution in [0.2, 0.25) is 0 Å². The number of amides is 1. The highest BCUT2D eigenvalue weighted by Crippen LogP contribution is 2.26. The molecule has 1 aromatic heterocycles. The van der Waals surface area contributed by atoms with Crippen molar-refractivity contribution in [2.75, 3.05) is 32.1 Å². The largest absolute Gasteiger partial charge is 0.383 e. The molecule has 128 valence electrons. The summed E-state index contributed by atoms with van der Waals surface area (Å²) in [5, 5.41) is 7.34. The molecule has 6 heteroatoms. The van der Waals surface area contributed by atoms with Gasteiger partial charge in [-0.05, 0) is 31.5 Å². The topological polar surface area (TPSA) is 59.4 Å². The van der Waals surface area contributed by atoms with E-state index in [1.165, 1.54) is 0 Å². The highest BCUT2D eigenvalue weighted by Gasteiger charge is 2.29. The van der Waals surface area contributed by atoms with E-state index < -0.39 is 0 Å². The van der Waals surface area contributed by atoms with Crippen molar-refractivity contribution in [2.45, 2.75) is 25.4 Å². The molecule has 24 heavy (non-hydrogen) atoms. The third kappa shape index (κ3) is 4.01. The molecular formula is C18H24N4O2. The average Bonchev–Trinajstić information content (AvgIpc) is 3.26. The van der Waals surface area contributed by atoms with Crippen LogP contribution in [0.25, 0.3) is 0 Å². The van der Waals surface area contributed by atoms with Gasteiger partial charge in [0.15, 0.2) is 5.82 Å². The zero-order chi connectivity index (χ0) is 16.8. The molecule has 1 amide bonds. The second kappa shape index (κ2) is 8.08. The molecule has 1 aliphatic heterocycles. The molecule has 1 saturated heterocycles. The Morgan fingerprint density at radius 3 is 2.71 bits per heavy atom. The Morgan fingerprint density at radius 2 is 2.00 bits per heavy atom. The third-order valence-electron chi connectivity index (χ3n) is 4.29. The smallest absolute Gasteiger partial charge is 0.247 e. The van der Waals surface area contributed by atoms with Gasteiger partial charge >= 0.3 is 0 Å². The molecular weight excluding hydrogens is 304 g/mol. The van der Waals surface area contributed by atoms with Gasteiger partial charge in [0, 0.05) is 19.4 Å². The summed E-state index contributed by atoms with van der Waals surface area (Å²) >= 11 is 0. The molecule has 6 nitrogen and oxygen atoms in total. The minimum Gasteiger partial charge on any atom is -0.383 e. The Balaban J connectivity index is 1.72. The monoisotopic (exact) mass is 328 g/mol. The summed E-state index contributed by atoms with van der Waals surface area (Å²) in [5.74, 6) is 0.552. The van der Waals surface area contributed by atoms with Crippen LogP contribution in [0.3, 0.4) is 0 Å². The van der Waals surface area contributed by atoms with E-state index in [9.17, 15) is 4.79 Å². The first-order chi connectivity index (χ1) is 11.8. The van der Waals surface area contributed by atoms with Crippen molar-refractivity contribution in [3.05, 3.63) is 48.2 Å². The highest BCUT2D eigenvalue weighted by atomic mass is 16.5. The summed E-state index contributed by atoms with van der Waals surface area (Å²) in [5.41, 5.74) is 1.02. The number of benzene rings is 1. The number of anilines is 1. The zero-order valence-electron chi connectivity index (χ0n) is 14.0. The Bertz CT molecular complexity index is 650. The Labute approximate surface area is 142 Å². The maximum Gasteiger partial charge on any atom is 0.247 e. The molecule has 1 N–H and O–H groups in total. The van der Waals surface area contributed by atoms with Crippen LogP contribution in [-0.2, 0) is 16.1 Å². The molecule has 1 aliphatic rings.